The lowest BCUT2D eigenvalue weighted by molar-refractivity contribution is -0.184. The Morgan fingerprint density at radius 1 is 1.14 bits per heavy atom. The van der Waals surface area contributed by atoms with Crippen molar-refractivity contribution in [3.8, 4) is 17.2 Å². The zero-order valence-electron chi connectivity index (χ0n) is 23.8. The maximum absolute atomic E-state index is 15.2. The molecule has 3 heterocycles. The van der Waals surface area contributed by atoms with Crippen molar-refractivity contribution in [2.75, 3.05) is 30.6 Å². The number of ether oxygens (including phenoxy) is 4. The number of aromatic nitrogens is 2. The fourth-order valence-corrected chi connectivity index (χ4v) is 5.15. The smallest absolute Gasteiger partial charge is 0.417 e. The Hall–Kier alpha value is -4.08. The van der Waals surface area contributed by atoms with Gasteiger partial charge in [0, 0.05) is 50.5 Å². The van der Waals surface area contributed by atoms with E-state index >= 15 is 8.78 Å². The molecule has 3 N–H and O–H groups in total. The van der Waals surface area contributed by atoms with Crippen LogP contribution in [0.4, 0.5) is 25.0 Å². The molecule has 1 amide bonds. The number of halogens is 2. The highest BCUT2D eigenvalue weighted by atomic mass is 28.3. The fourth-order valence-electron chi connectivity index (χ4n) is 4.40. The number of hydrogen-bond acceptors (Lipinski definition) is 9. The molecule has 0 aliphatic carbocycles. The van der Waals surface area contributed by atoms with E-state index in [1.807, 2.05) is 0 Å². The number of fused-ring (bicyclic) bond motifs is 1. The summed E-state index contributed by atoms with van der Waals surface area (Å²) in [6.07, 6.45) is 2.13. The minimum absolute atomic E-state index is 0.0375. The summed E-state index contributed by atoms with van der Waals surface area (Å²) in [5.41, 5.74) is 1.26. The third-order valence-corrected chi connectivity index (χ3v) is 8.47. The van der Waals surface area contributed by atoms with E-state index in [9.17, 15) is 15.1 Å². The fraction of sp³-hybridized carbons (Fsp3) is 0.310. The Balaban J connectivity index is 1.37. The molecule has 0 atom stereocenters. The summed E-state index contributed by atoms with van der Waals surface area (Å²) in [6.45, 7) is 7.54. The maximum atomic E-state index is 15.2. The summed E-state index contributed by atoms with van der Waals surface area (Å²) < 4.78 is 54.0. The summed E-state index contributed by atoms with van der Waals surface area (Å²) in [5.74, 6) is -2.72. The number of anilines is 2. The van der Waals surface area contributed by atoms with Gasteiger partial charge in [0.1, 0.15) is 29.5 Å². The molecule has 1 aliphatic rings. The van der Waals surface area contributed by atoms with Crippen molar-refractivity contribution >= 4 is 36.6 Å². The molecule has 0 bridgehead atoms. The summed E-state index contributed by atoms with van der Waals surface area (Å²) >= 11 is 0. The predicted molar refractivity (Wildman–Crippen MR) is 158 cm³/mol. The molecular formula is C29H31F2N4O7Si-. The molecule has 0 spiro atoms. The second-order valence-corrected chi connectivity index (χ2v) is 17.0. The van der Waals surface area contributed by atoms with Gasteiger partial charge >= 0.3 is 6.09 Å². The van der Waals surface area contributed by atoms with Gasteiger partial charge in [-0.1, -0.05) is 19.6 Å². The minimum Gasteiger partial charge on any atom is -0.761 e. The van der Waals surface area contributed by atoms with Crippen molar-refractivity contribution in [3.05, 3.63) is 77.3 Å². The molecule has 5 rings (SSSR count). The van der Waals surface area contributed by atoms with E-state index in [0.29, 0.717) is 23.2 Å². The monoisotopic (exact) mass is 613 g/mol. The number of nitrogens with one attached hydrogen (secondary N) is 2. The maximum Gasteiger partial charge on any atom is 0.417 e. The SMILES string of the molecule is C[Si](C)(C)CCOCn1cc(C2(O)COC2)c2c(Oc3c(F)cc(NC(=O)Oc4ccc(N[O-])cc4)cc3F)ccnc21. The van der Waals surface area contributed by atoms with Crippen molar-refractivity contribution in [1.82, 2.24) is 9.55 Å². The number of benzene rings is 2. The van der Waals surface area contributed by atoms with E-state index < -0.39 is 37.2 Å². The van der Waals surface area contributed by atoms with Crippen LogP contribution in [0.2, 0.25) is 25.7 Å². The normalized spacial score (nSPS) is 14.3. The number of rotatable bonds is 11. The van der Waals surface area contributed by atoms with Crippen LogP contribution < -0.4 is 20.3 Å². The zero-order valence-corrected chi connectivity index (χ0v) is 24.8. The molecule has 43 heavy (non-hydrogen) atoms. The lowest BCUT2D eigenvalue weighted by Gasteiger charge is -2.36. The number of amides is 1. The van der Waals surface area contributed by atoms with Gasteiger partial charge in [-0.15, -0.1) is 0 Å². The molecule has 1 fully saturated rings. The number of nitrogens with zero attached hydrogens (tertiary/aromatic N) is 2. The molecule has 14 heteroatoms. The van der Waals surface area contributed by atoms with E-state index in [4.69, 9.17) is 18.9 Å². The second kappa shape index (κ2) is 12.3. The van der Waals surface area contributed by atoms with Crippen molar-refractivity contribution in [1.29, 1.82) is 0 Å². The number of hydrogen-bond donors (Lipinski definition) is 3. The highest BCUT2D eigenvalue weighted by molar-refractivity contribution is 6.76. The second-order valence-electron chi connectivity index (χ2n) is 11.4. The Kier molecular flexibility index (Phi) is 8.66. The standard InChI is InChI=1S/C29H31F2N4O7Si/c1-43(2,3)11-10-39-17-35-14-21(29(37)15-40-16-29)25-24(8-9-32-27(25)35)42-26-22(30)12-19(13-23(26)31)33-28(36)41-20-6-4-18(34-38)5-7-20/h4-9,12-14,34,37H,10-11,15-17H2,1-3H3,(H,33,36)/q-1. The van der Waals surface area contributed by atoms with Crippen molar-refractivity contribution < 1.29 is 37.6 Å². The van der Waals surface area contributed by atoms with Crippen LogP contribution in [0.1, 0.15) is 5.56 Å². The van der Waals surface area contributed by atoms with Crippen molar-refractivity contribution in [3.63, 3.8) is 0 Å². The molecule has 1 aliphatic heterocycles. The van der Waals surface area contributed by atoms with Gasteiger partial charge in [-0.3, -0.25) is 5.32 Å². The van der Waals surface area contributed by atoms with Gasteiger partial charge in [-0.25, -0.2) is 18.6 Å². The van der Waals surface area contributed by atoms with E-state index in [0.717, 1.165) is 18.2 Å². The largest absolute Gasteiger partial charge is 0.761 e. The number of pyridine rings is 1. The molecule has 2 aromatic heterocycles. The highest BCUT2D eigenvalue weighted by Crippen LogP contribution is 2.41. The molecular weight excluding hydrogens is 582 g/mol. The first-order valence-corrected chi connectivity index (χ1v) is 17.2. The van der Waals surface area contributed by atoms with E-state index in [2.05, 4.69) is 29.9 Å². The van der Waals surface area contributed by atoms with Gasteiger partial charge in [0.15, 0.2) is 17.4 Å². The zero-order chi connectivity index (χ0) is 30.8. The summed E-state index contributed by atoms with van der Waals surface area (Å²) in [7, 11) is -1.31. The topological polar surface area (TPSA) is 139 Å². The van der Waals surface area contributed by atoms with Crippen LogP contribution in [0.15, 0.2) is 54.9 Å². The minimum atomic E-state index is -1.33. The molecule has 0 saturated carbocycles. The summed E-state index contributed by atoms with van der Waals surface area (Å²) in [4.78, 5) is 16.7. The number of carbonyl (C=O) groups excluding carboxylic acids is 1. The van der Waals surface area contributed by atoms with Gasteiger partial charge in [0.05, 0.1) is 24.3 Å². The van der Waals surface area contributed by atoms with Crippen molar-refractivity contribution in [2.45, 2.75) is 38.0 Å². The predicted octanol–water partition coefficient (Wildman–Crippen LogP) is 6.16. The van der Waals surface area contributed by atoms with Crippen LogP contribution in [0.25, 0.3) is 11.0 Å². The molecule has 0 radical (unpaired) electrons. The summed E-state index contributed by atoms with van der Waals surface area (Å²) in [6, 6.07) is 9.72. The highest BCUT2D eigenvalue weighted by Gasteiger charge is 2.41. The first kappa shape index (κ1) is 30.4. The molecule has 11 nitrogen and oxygen atoms in total. The van der Waals surface area contributed by atoms with Gasteiger partial charge in [-0.05, 0) is 36.4 Å². The van der Waals surface area contributed by atoms with Gasteiger partial charge in [-0.2, -0.15) is 0 Å². The third kappa shape index (κ3) is 6.95. The molecule has 1 saturated heterocycles. The van der Waals surface area contributed by atoms with Gasteiger partial charge in [0.2, 0.25) is 0 Å². The number of aliphatic hydroxyl groups is 1. The Morgan fingerprint density at radius 3 is 2.44 bits per heavy atom. The lowest BCUT2D eigenvalue weighted by atomic mass is 9.92. The van der Waals surface area contributed by atoms with E-state index in [-0.39, 0.29) is 42.8 Å². The summed E-state index contributed by atoms with van der Waals surface area (Å²) in [5, 5.41) is 24.4. The Bertz CT molecular complexity index is 1600. The van der Waals surface area contributed by atoms with E-state index in [1.54, 1.807) is 16.2 Å². The molecule has 0 unspecified atom stereocenters. The van der Waals surface area contributed by atoms with Crippen LogP contribution in [0.3, 0.4) is 0 Å². The first-order valence-electron chi connectivity index (χ1n) is 13.5. The Labute approximate surface area is 246 Å². The lowest BCUT2D eigenvalue weighted by Crippen LogP contribution is -2.46. The molecule has 4 aromatic rings. The molecule has 2 aromatic carbocycles. The van der Waals surface area contributed by atoms with Crippen LogP contribution in [-0.4, -0.2) is 48.6 Å². The van der Waals surface area contributed by atoms with Crippen LogP contribution in [0, 0.1) is 16.8 Å². The average molecular weight is 614 g/mol. The van der Waals surface area contributed by atoms with Crippen LogP contribution in [0.5, 0.6) is 17.2 Å². The third-order valence-electron chi connectivity index (χ3n) is 6.77. The first-order chi connectivity index (χ1) is 20.5. The van der Waals surface area contributed by atoms with Crippen LogP contribution >= 0.6 is 0 Å². The van der Waals surface area contributed by atoms with Crippen molar-refractivity contribution in [2.24, 2.45) is 0 Å². The molecule has 228 valence electrons. The van der Waals surface area contributed by atoms with Gasteiger partial charge in [0.25, 0.3) is 0 Å². The number of carbonyl (C=O) groups is 1. The van der Waals surface area contributed by atoms with E-state index in [1.165, 1.54) is 36.5 Å². The van der Waals surface area contributed by atoms with Gasteiger partial charge < -0.3 is 39.3 Å². The Morgan fingerprint density at radius 2 is 1.84 bits per heavy atom. The van der Waals surface area contributed by atoms with Crippen LogP contribution in [-0.2, 0) is 21.8 Å². The average Bonchev–Trinajstić information content (AvgIpc) is 3.31. The quantitative estimate of drug-likeness (QED) is 0.103.